The molecule has 5 nitrogen and oxygen atoms in total. The van der Waals surface area contributed by atoms with Crippen LogP contribution in [0, 0.1) is 0 Å². The first-order chi connectivity index (χ1) is 9.33. The van der Waals surface area contributed by atoms with Crippen molar-refractivity contribution in [2.75, 3.05) is 20.0 Å². The van der Waals surface area contributed by atoms with Gasteiger partial charge in [-0.25, -0.2) is 0 Å². The quantitative estimate of drug-likeness (QED) is 0.882. The van der Waals surface area contributed by atoms with Crippen molar-refractivity contribution in [1.82, 2.24) is 5.32 Å². The van der Waals surface area contributed by atoms with Crippen LogP contribution in [-0.4, -0.2) is 32.0 Å². The summed E-state index contributed by atoms with van der Waals surface area (Å²) in [5, 5.41) is 3.05. The summed E-state index contributed by atoms with van der Waals surface area (Å²) in [5.41, 5.74) is 0.606. The van der Waals surface area contributed by atoms with Gasteiger partial charge in [0.25, 0.3) is 5.91 Å². The minimum atomic E-state index is -0.0646. The molecule has 1 atom stereocenters. The van der Waals surface area contributed by atoms with Crippen molar-refractivity contribution in [3.8, 4) is 11.5 Å². The van der Waals surface area contributed by atoms with Crippen LogP contribution in [0.25, 0.3) is 0 Å². The van der Waals surface area contributed by atoms with Gasteiger partial charge in [0.1, 0.15) is 0 Å². The van der Waals surface area contributed by atoms with Crippen LogP contribution in [0.4, 0.5) is 0 Å². The Kier molecular flexibility index (Phi) is 3.55. The lowest BCUT2D eigenvalue weighted by Gasteiger charge is -2.15. The first kappa shape index (κ1) is 12.3. The molecule has 0 spiro atoms. The largest absolute Gasteiger partial charge is 0.454 e. The SMILES string of the molecule is O=C(NC1CCCOCC1)c1ccc2c(c1)OCO2. The van der Waals surface area contributed by atoms with E-state index in [4.69, 9.17) is 14.2 Å². The Morgan fingerprint density at radius 2 is 2.05 bits per heavy atom. The molecule has 1 aromatic rings. The zero-order chi connectivity index (χ0) is 13.1. The van der Waals surface area contributed by atoms with Gasteiger partial charge >= 0.3 is 0 Å². The van der Waals surface area contributed by atoms with Gasteiger partial charge in [0.2, 0.25) is 6.79 Å². The van der Waals surface area contributed by atoms with Gasteiger partial charge in [-0.05, 0) is 37.5 Å². The number of hydrogen-bond donors (Lipinski definition) is 1. The van der Waals surface area contributed by atoms with Gasteiger partial charge in [0, 0.05) is 24.8 Å². The van der Waals surface area contributed by atoms with Gasteiger partial charge in [0.05, 0.1) is 0 Å². The van der Waals surface area contributed by atoms with Crippen LogP contribution >= 0.6 is 0 Å². The van der Waals surface area contributed by atoms with Crippen molar-refractivity contribution in [3.05, 3.63) is 23.8 Å². The second kappa shape index (κ2) is 5.48. The van der Waals surface area contributed by atoms with Crippen molar-refractivity contribution in [1.29, 1.82) is 0 Å². The molecule has 0 radical (unpaired) electrons. The second-order valence-corrected chi connectivity index (χ2v) is 4.78. The number of fused-ring (bicyclic) bond motifs is 1. The second-order valence-electron chi connectivity index (χ2n) is 4.78. The molecule has 3 rings (SSSR count). The van der Waals surface area contributed by atoms with Crippen molar-refractivity contribution < 1.29 is 19.0 Å². The summed E-state index contributed by atoms with van der Waals surface area (Å²) in [7, 11) is 0. The van der Waals surface area contributed by atoms with Gasteiger partial charge in [-0.2, -0.15) is 0 Å². The highest BCUT2D eigenvalue weighted by Gasteiger charge is 2.19. The summed E-state index contributed by atoms with van der Waals surface area (Å²) in [5.74, 6) is 1.27. The highest BCUT2D eigenvalue weighted by Crippen LogP contribution is 2.32. The molecule has 1 N–H and O–H groups in total. The van der Waals surface area contributed by atoms with Crippen LogP contribution < -0.4 is 14.8 Å². The number of carbonyl (C=O) groups excluding carboxylic acids is 1. The zero-order valence-electron chi connectivity index (χ0n) is 10.7. The average molecular weight is 263 g/mol. The van der Waals surface area contributed by atoms with E-state index < -0.39 is 0 Å². The molecule has 102 valence electrons. The number of nitrogens with one attached hydrogen (secondary N) is 1. The molecule has 1 saturated heterocycles. The van der Waals surface area contributed by atoms with E-state index in [1.165, 1.54) is 0 Å². The molecule has 0 bridgehead atoms. The molecule has 1 amide bonds. The molecule has 2 aliphatic rings. The topological polar surface area (TPSA) is 56.8 Å². The molecule has 1 aromatic carbocycles. The Labute approximate surface area is 111 Å². The lowest BCUT2D eigenvalue weighted by Crippen LogP contribution is -2.34. The fourth-order valence-electron chi connectivity index (χ4n) is 2.35. The summed E-state index contributed by atoms with van der Waals surface area (Å²) < 4.78 is 15.9. The normalized spacial score (nSPS) is 21.8. The Morgan fingerprint density at radius 3 is 3.00 bits per heavy atom. The predicted octanol–water partition coefficient (Wildman–Crippen LogP) is 1.71. The van der Waals surface area contributed by atoms with Crippen molar-refractivity contribution in [3.63, 3.8) is 0 Å². The molecule has 19 heavy (non-hydrogen) atoms. The van der Waals surface area contributed by atoms with Crippen LogP contribution in [0.5, 0.6) is 11.5 Å². The Balaban J connectivity index is 1.66. The number of carbonyl (C=O) groups is 1. The Hall–Kier alpha value is -1.75. The van der Waals surface area contributed by atoms with E-state index in [1.54, 1.807) is 18.2 Å². The van der Waals surface area contributed by atoms with Gasteiger partial charge in [-0.1, -0.05) is 0 Å². The van der Waals surface area contributed by atoms with E-state index in [0.717, 1.165) is 25.9 Å². The van der Waals surface area contributed by atoms with Crippen LogP contribution in [0.1, 0.15) is 29.6 Å². The molecule has 1 fully saturated rings. The van der Waals surface area contributed by atoms with E-state index in [2.05, 4.69) is 5.32 Å². The fourth-order valence-corrected chi connectivity index (χ4v) is 2.35. The number of rotatable bonds is 2. The van der Waals surface area contributed by atoms with Crippen molar-refractivity contribution >= 4 is 5.91 Å². The van der Waals surface area contributed by atoms with Crippen LogP contribution in [0.3, 0.4) is 0 Å². The minimum Gasteiger partial charge on any atom is -0.454 e. The van der Waals surface area contributed by atoms with Gasteiger partial charge < -0.3 is 19.5 Å². The third-order valence-corrected chi connectivity index (χ3v) is 3.42. The molecule has 0 aromatic heterocycles. The number of benzene rings is 1. The molecular weight excluding hydrogens is 246 g/mol. The molecule has 5 heteroatoms. The average Bonchev–Trinajstić information content (AvgIpc) is 2.75. The number of ether oxygens (including phenoxy) is 3. The third-order valence-electron chi connectivity index (χ3n) is 3.42. The van der Waals surface area contributed by atoms with E-state index in [0.29, 0.717) is 23.7 Å². The molecule has 2 aliphatic heterocycles. The molecule has 0 aliphatic carbocycles. The van der Waals surface area contributed by atoms with E-state index in [-0.39, 0.29) is 18.7 Å². The maximum atomic E-state index is 12.2. The Morgan fingerprint density at radius 1 is 1.16 bits per heavy atom. The standard InChI is InChI=1S/C14H17NO4/c16-14(15-11-2-1-6-17-7-5-11)10-3-4-12-13(8-10)19-9-18-12/h3-4,8,11H,1-2,5-7,9H2,(H,15,16). The van der Waals surface area contributed by atoms with Crippen LogP contribution in [0.2, 0.25) is 0 Å². The van der Waals surface area contributed by atoms with E-state index in [1.807, 2.05) is 0 Å². The third kappa shape index (κ3) is 2.81. The summed E-state index contributed by atoms with van der Waals surface area (Å²) in [6.45, 7) is 1.73. The zero-order valence-corrected chi connectivity index (χ0v) is 10.7. The van der Waals surface area contributed by atoms with Crippen molar-refractivity contribution in [2.45, 2.75) is 25.3 Å². The van der Waals surface area contributed by atoms with Crippen molar-refractivity contribution in [2.24, 2.45) is 0 Å². The number of hydrogen-bond acceptors (Lipinski definition) is 4. The lowest BCUT2D eigenvalue weighted by molar-refractivity contribution is 0.0929. The summed E-state index contributed by atoms with van der Waals surface area (Å²) in [6, 6.07) is 5.45. The van der Waals surface area contributed by atoms with Crippen LogP contribution in [0.15, 0.2) is 18.2 Å². The van der Waals surface area contributed by atoms with Gasteiger partial charge in [0.15, 0.2) is 11.5 Å². The summed E-state index contributed by atoms with van der Waals surface area (Å²) >= 11 is 0. The smallest absolute Gasteiger partial charge is 0.251 e. The fraction of sp³-hybridized carbons (Fsp3) is 0.500. The molecule has 1 unspecified atom stereocenters. The summed E-state index contributed by atoms with van der Waals surface area (Å²) in [4.78, 5) is 12.2. The predicted molar refractivity (Wildman–Crippen MR) is 68.5 cm³/mol. The maximum Gasteiger partial charge on any atom is 0.251 e. The first-order valence-electron chi connectivity index (χ1n) is 6.61. The summed E-state index contributed by atoms with van der Waals surface area (Å²) in [6.07, 6.45) is 2.83. The lowest BCUT2D eigenvalue weighted by atomic mass is 10.1. The highest BCUT2D eigenvalue weighted by molar-refractivity contribution is 5.95. The van der Waals surface area contributed by atoms with E-state index >= 15 is 0 Å². The molecule has 0 saturated carbocycles. The van der Waals surface area contributed by atoms with Gasteiger partial charge in [-0.3, -0.25) is 4.79 Å². The minimum absolute atomic E-state index is 0.0646. The first-order valence-corrected chi connectivity index (χ1v) is 6.61. The number of amides is 1. The van der Waals surface area contributed by atoms with E-state index in [9.17, 15) is 4.79 Å². The Bertz CT molecular complexity index is 467. The maximum absolute atomic E-state index is 12.2. The van der Waals surface area contributed by atoms with Crippen LogP contribution in [-0.2, 0) is 4.74 Å². The molecular formula is C14H17NO4. The van der Waals surface area contributed by atoms with Gasteiger partial charge in [-0.15, -0.1) is 0 Å². The molecule has 2 heterocycles. The highest BCUT2D eigenvalue weighted by atomic mass is 16.7. The monoisotopic (exact) mass is 263 g/mol.